The molecule has 1 saturated heterocycles. The number of aromatic nitrogens is 4. The summed E-state index contributed by atoms with van der Waals surface area (Å²) in [7, 11) is 1.81. The fraction of sp³-hybridized carbons (Fsp3) is 0.611. The lowest BCUT2D eigenvalue weighted by Gasteiger charge is -2.31. The van der Waals surface area contributed by atoms with Gasteiger partial charge in [-0.15, -0.1) is 0 Å². The third-order valence-electron chi connectivity index (χ3n) is 5.11. The van der Waals surface area contributed by atoms with Gasteiger partial charge in [0.15, 0.2) is 5.69 Å². The first-order chi connectivity index (χ1) is 12.0. The second-order valence-electron chi connectivity index (χ2n) is 6.77. The third-order valence-corrected chi connectivity index (χ3v) is 5.56. The zero-order valence-corrected chi connectivity index (χ0v) is 16.0. The lowest BCUT2D eigenvalue weighted by Crippen LogP contribution is -2.38. The van der Waals surface area contributed by atoms with Crippen molar-refractivity contribution < 1.29 is 4.79 Å². The van der Waals surface area contributed by atoms with Crippen LogP contribution in [0.1, 0.15) is 60.5 Å². The molecule has 25 heavy (non-hydrogen) atoms. The van der Waals surface area contributed by atoms with Crippen molar-refractivity contribution in [2.75, 3.05) is 13.1 Å². The molecule has 3 rings (SSSR count). The second-order valence-corrected chi connectivity index (χ2v) is 7.15. The van der Waals surface area contributed by atoms with E-state index in [1.54, 1.807) is 11.7 Å². The molecule has 0 spiro atoms. The highest BCUT2D eigenvalue weighted by atomic mass is 35.5. The maximum Gasteiger partial charge on any atom is 0.275 e. The van der Waals surface area contributed by atoms with Gasteiger partial charge in [0.1, 0.15) is 5.82 Å². The van der Waals surface area contributed by atoms with Crippen molar-refractivity contribution in [1.29, 1.82) is 0 Å². The molecule has 1 aliphatic rings. The highest BCUT2D eigenvalue weighted by Crippen LogP contribution is 2.29. The molecule has 0 radical (unpaired) electrons. The van der Waals surface area contributed by atoms with Gasteiger partial charge in [0.2, 0.25) is 0 Å². The SMILES string of the molecule is CCCCn1ccnc1C1CCN(C(=O)c2nn(C)c(C)c2Cl)CC1. The predicted octanol–water partition coefficient (Wildman–Crippen LogP) is 3.40. The maximum atomic E-state index is 12.7. The summed E-state index contributed by atoms with van der Waals surface area (Å²) in [4.78, 5) is 19.2. The molecule has 0 unspecified atom stereocenters. The molecule has 1 fully saturated rings. The van der Waals surface area contributed by atoms with Crippen LogP contribution in [0.5, 0.6) is 0 Å². The number of rotatable bonds is 5. The van der Waals surface area contributed by atoms with Crippen LogP contribution in [0.4, 0.5) is 0 Å². The molecule has 0 atom stereocenters. The molecule has 1 aliphatic heterocycles. The summed E-state index contributed by atoms with van der Waals surface area (Å²) in [6, 6.07) is 0. The Morgan fingerprint density at radius 3 is 2.68 bits per heavy atom. The Labute approximate surface area is 153 Å². The Hall–Kier alpha value is -1.82. The van der Waals surface area contributed by atoms with Gasteiger partial charge in [-0.25, -0.2) is 4.98 Å². The van der Waals surface area contributed by atoms with E-state index in [1.807, 2.05) is 18.0 Å². The van der Waals surface area contributed by atoms with Crippen molar-refractivity contribution >= 4 is 17.5 Å². The molecule has 6 nitrogen and oxygen atoms in total. The number of imidazole rings is 1. The van der Waals surface area contributed by atoms with E-state index in [2.05, 4.69) is 27.8 Å². The number of halogens is 1. The summed E-state index contributed by atoms with van der Waals surface area (Å²) in [5.74, 6) is 1.51. The van der Waals surface area contributed by atoms with Crippen LogP contribution in [0.2, 0.25) is 5.02 Å². The Bertz CT molecular complexity index is 743. The van der Waals surface area contributed by atoms with E-state index in [0.717, 1.165) is 50.4 Å². The topological polar surface area (TPSA) is 56.0 Å². The van der Waals surface area contributed by atoms with E-state index in [0.29, 0.717) is 16.6 Å². The fourth-order valence-corrected chi connectivity index (χ4v) is 3.65. The number of hydrogen-bond donors (Lipinski definition) is 0. The van der Waals surface area contributed by atoms with Gasteiger partial charge in [-0.05, 0) is 26.2 Å². The van der Waals surface area contributed by atoms with E-state index < -0.39 is 0 Å². The minimum absolute atomic E-state index is 0.0681. The fourth-order valence-electron chi connectivity index (χ4n) is 3.41. The smallest absolute Gasteiger partial charge is 0.275 e. The average molecular weight is 364 g/mol. The largest absolute Gasteiger partial charge is 0.337 e. The molecular weight excluding hydrogens is 338 g/mol. The van der Waals surface area contributed by atoms with E-state index in [4.69, 9.17) is 11.6 Å². The molecule has 0 bridgehead atoms. The Balaban J connectivity index is 1.65. The van der Waals surface area contributed by atoms with E-state index in [-0.39, 0.29) is 5.91 Å². The Morgan fingerprint density at radius 1 is 1.36 bits per heavy atom. The number of amides is 1. The van der Waals surface area contributed by atoms with Crippen molar-refractivity contribution in [3.05, 3.63) is 34.6 Å². The molecular formula is C18H26ClN5O. The number of hydrogen-bond acceptors (Lipinski definition) is 3. The molecule has 136 valence electrons. The van der Waals surface area contributed by atoms with E-state index in [9.17, 15) is 4.79 Å². The zero-order valence-electron chi connectivity index (χ0n) is 15.2. The highest BCUT2D eigenvalue weighted by Gasteiger charge is 2.29. The zero-order chi connectivity index (χ0) is 18.0. The van der Waals surface area contributed by atoms with Gasteiger partial charge in [-0.3, -0.25) is 9.48 Å². The first-order valence-corrected chi connectivity index (χ1v) is 9.40. The molecule has 0 saturated carbocycles. The monoisotopic (exact) mass is 363 g/mol. The van der Waals surface area contributed by atoms with E-state index in [1.165, 1.54) is 6.42 Å². The Morgan fingerprint density at radius 2 is 2.08 bits per heavy atom. The summed E-state index contributed by atoms with van der Waals surface area (Å²) < 4.78 is 3.93. The van der Waals surface area contributed by atoms with Crippen LogP contribution >= 0.6 is 11.6 Å². The molecule has 1 amide bonds. The minimum atomic E-state index is -0.0681. The van der Waals surface area contributed by atoms with Crippen molar-refractivity contribution in [3.8, 4) is 0 Å². The van der Waals surface area contributed by atoms with Crippen LogP contribution in [0, 0.1) is 6.92 Å². The molecule has 3 heterocycles. The summed E-state index contributed by atoms with van der Waals surface area (Å²) in [6.45, 7) is 6.53. The number of likely N-dealkylation sites (tertiary alicyclic amines) is 1. The number of carbonyl (C=O) groups is 1. The van der Waals surface area contributed by atoms with Crippen molar-refractivity contribution in [1.82, 2.24) is 24.2 Å². The quantitative estimate of drug-likeness (QED) is 0.818. The summed E-state index contributed by atoms with van der Waals surface area (Å²) in [6.07, 6.45) is 8.15. The first kappa shape index (κ1) is 18.0. The molecule has 0 N–H and O–H groups in total. The highest BCUT2D eigenvalue weighted by molar-refractivity contribution is 6.34. The number of carbonyl (C=O) groups excluding carboxylic acids is 1. The van der Waals surface area contributed by atoms with E-state index >= 15 is 0 Å². The standard InChI is InChI=1S/C18H26ClN5O/c1-4-5-9-23-12-8-20-17(23)14-6-10-24(11-7-14)18(25)16-15(19)13(2)22(3)21-16/h8,12,14H,4-7,9-11H2,1-3H3. The van der Waals surface area contributed by atoms with Gasteiger partial charge in [-0.1, -0.05) is 24.9 Å². The van der Waals surface area contributed by atoms with Gasteiger partial charge in [-0.2, -0.15) is 5.10 Å². The molecule has 2 aromatic heterocycles. The first-order valence-electron chi connectivity index (χ1n) is 9.02. The van der Waals surface area contributed by atoms with Gasteiger partial charge >= 0.3 is 0 Å². The van der Waals surface area contributed by atoms with Crippen LogP contribution in [0.3, 0.4) is 0 Å². The molecule has 2 aromatic rings. The van der Waals surface area contributed by atoms with Crippen LogP contribution < -0.4 is 0 Å². The van der Waals surface area contributed by atoms with Gasteiger partial charge in [0.25, 0.3) is 5.91 Å². The summed E-state index contributed by atoms with van der Waals surface area (Å²) in [5.41, 5.74) is 1.18. The summed E-state index contributed by atoms with van der Waals surface area (Å²) >= 11 is 6.26. The van der Waals surface area contributed by atoms with Crippen molar-refractivity contribution in [3.63, 3.8) is 0 Å². The van der Waals surface area contributed by atoms with Crippen LogP contribution in [0.25, 0.3) is 0 Å². The number of aryl methyl sites for hydroxylation is 2. The minimum Gasteiger partial charge on any atom is -0.337 e. The van der Waals surface area contributed by atoms with Gasteiger partial charge in [0, 0.05) is 45.0 Å². The predicted molar refractivity (Wildman–Crippen MR) is 98.0 cm³/mol. The molecule has 7 heteroatoms. The van der Waals surface area contributed by atoms with Gasteiger partial charge < -0.3 is 9.47 Å². The lowest BCUT2D eigenvalue weighted by atomic mass is 9.95. The number of unbranched alkanes of at least 4 members (excludes halogenated alkanes) is 1. The maximum absolute atomic E-state index is 12.7. The van der Waals surface area contributed by atoms with Crippen LogP contribution in [-0.2, 0) is 13.6 Å². The second kappa shape index (κ2) is 7.60. The normalized spacial score (nSPS) is 15.8. The average Bonchev–Trinajstić information content (AvgIpc) is 3.20. The third kappa shape index (κ3) is 3.59. The lowest BCUT2D eigenvalue weighted by molar-refractivity contribution is 0.0703. The van der Waals surface area contributed by atoms with Gasteiger partial charge in [0.05, 0.1) is 10.7 Å². The summed E-state index contributed by atoms with van der Waals surface area (Å²) in [5, 5.41) is 4.74. The van der Waals surface area contributed by atoms with Crippen LogP contribution in [0.15, 0.2) is 12.4 Å². The number of piperidine rings is 1. The van der Waals surface area contributed by atoms with Crippen LogP contribution in [-0.4, -0.2) is 43.2 Å². The Kier molecular flexibility index (Phi) is 5.47. The van der Waals surface area contributed by atoms with Crippen molar-refractivity contribution in [2.45, 2.75) is 52.0 Å². The molecule has 0 aliphatic carbocycles. The van der Waals surface area contributed by atoms with Crippen molar-refractivity contribution in [2.24, 2.45) is 7.05 Å². The number of nitrogens with zero attached hydrogens (tertiary/aromatic N) is 5. The molecule has 0 aromatic carbocycles.